The molecule has 1 saturated carbocycles. The number of amides is 1. The van der Waals surface area contributed by atoms with Crippen molar-refractivity contribution in [1.29, 1.82) is 0 Å². The summed E-state index contributed by atoms with van der Waals surface area (Å²) in [5.41, 5.74) is 4.04. The predicted octanol–water partition coefficient (Wildman–Crippen LogP) is 3.14. The summed E-state index contributed by atoms with van der Waals surface area (Å²) >= 11 is 0. The van der Waals surface area contributed by atoms with Crippen LogP contribution in [0.15, 0.2) is 53.5 Å². The number of guanidine groups is 1. The van der Waals surface area contributed by atoms with Crippen molar-refractivity contribution in [1.82, 2.24) is 15.5 Å². The van der Waals surface area contributed by atoms with E-state index in [0.717, 1.165) is 57.0 Å². The number of nitrogens with zero attached hydrogens (tertiary/aromatic N) is 2. The Morgan fingerprint density at radius 2 is 1.87 bits per heavy atom. The molecule has 2 aromatic rings. The maximum Gasteiger partial charge on any atom is 0.258 e. The number of aliphatic imine (C=N–C) groups is 1. The number of fused-ring (bicyclic) bond motifs is 1. The number of rotatable bonds is 7. The third-order valence-corrected chi connectivity index (χ3v) is 5.57. The van der Waals surface area contributed by atoms with Gasteiger partial charge in [-0.3, -0.25) is 9.79 Å². The summed E-state index contributed by atoms with van der Waals surface area (Å²) in [6.45, 7) is 2.77. The smallest absolute Gasteiger partial charge is 0.258 e. The van der Waals surface area contributed by atoms with Crippen molar-refractivity contribution < 1.29 is 9.53 Å². The first-order valence-electron chi connectivity index (χ1n) is 10.7. The van der Waals surface area contributed by atoms with Crippen LogP contribution >= 0.6 is 24.0 Å². The van der Waals surface area contributed by atoms with E-state index in [-0.39, 0.29) is 36.5 Å². The topological polar surface area (TPSA) is 66.0 Å². The van der Waals surface area contributed by atoms with E-state index in [0.29, 0.717) is 6.04 Å². The minimum absolute atomic E-state index is 0. The molecule has 1 aliphatic heterocycles. The molecule has 2 aromatic carbocycles. The fraction of sp³-hybridized carbons (Fsp3) is 0.417. The second-order valence-corrected chi connectivity index (χ2v) is 7.94. The summed E-state index contributed by atoms with van der Waals surface area (Å²) in [7, 11) is 1.84. The van der Waals surface area contributed by atoms with Crippen molar-refractivity contribution >= 4 is 35.8 Å². The summed E-state index contributed by atoms with van der Waals surface area (Å²) < 4.78 is 5.57. The lowest BCUT2D eigenvalue weighted by atomic mass is 10.0. The van der Waals surface area contributed by atoms with Crippen LogP contribution in [0, 0.1) is 0 Å². The van der Waals surface area contributed by atoms with Crippen molar-refractivity contribution in [2.75, 3.05) is 26.7 Å². The maximum atomic E-state index is 11.7. The van der Waals surface area contributed by atoms with E-state index in [1.165, 1.54) is 16.7 Å². The molecule has 1 fully saturated rings. The molecule has 2 N–H and O–H groups in total. The molecule has 1 amide bonds. The molecule has 0 atom stereocenters. The van der Waals surface area contributed by atoms with Gasteiger partial charge in [-0.05, 0) is 54.5 Å². The summed E-state index contributed by atoms with van der Waals surface area (Å²) in [4.78, 5) is 18.5. The highest BCUT2D eigenvalue weighted by Gasteiger charge is 2.23. The van der Waals surface area contributed by atoms with Crippen molar-refractivity contribution in [3.63, 3.8) is 0 Å². The Kier molecular flexibility index (Phi) is 8.57. The molecule has 0 spiro atoms. The molecule has 0 radical (unpaired) electrons. The van der Waals surface area contributed by atoms with E-state index < -0.39 is 0 Å². The van der Waals surface area contributed by atoms with Crippen LogP contribution in [0.5, 0.6) is 5.75 Å². The Balaban J connectivity index is 0.00000272. The Bertz CT molecular complexity index is 897. The van der Waals surface area contributed by atoms with Gasteiger partial charge in [-0.1, -0.05) is 36.4 Å². The van der Waals surface area contributed by atoms with Gasteiger partial charge in [0.2, 0.25) is 0 Å². The Morgan fingerprint density at radius 3 is 2.58 bits per heavy atom. The number of carbonyl (C=O) groups is 1. The van der Waals surface area contributed by atoms with Crippen LogP contribution in [-0.4, -0.2) is 49.6 Å². The zero-order chi connectivity index (χ0) is 20.8. The van der Waals surface area contributed by atoms with E-state index >= 15 is 0 Å². The Morgan fingerprint density at radius 1 is 1.13 bits per heavy atom. The third kappa shape index (κ3) is 6.85. The van der Waals surface area contributed by atoms with Crippen molar-refractivity contribution in [2.24, 2.45) is 4.99 Å². The van der Waals surface area contributed by atoms with Crippen molar-refractivity contribution in [2.45, 2.75) is 38.3 Å². The van der Waals surface area contributed by atoms with Gasteiger partial charge in [0.05, 0.1) is 0 Å². The molecule has 2 aliphatic rings. The van der Waals surface area contributed by atoms with Crippen LogP contribution < -0.4 is 15.4 Å². The molecule has 0 unspecified atom stereocenters. The van der Waals surface area contributed by atoms with Gasteiger partial charge in [-0.15, -0.1) is 24.0 Å². The third-order valence-electron chi connectivity index (χ3n) is 5.57. The molecule has 1 heterocycles. The number of carbonyl (C=O) groups excluding carboxylic acids is 1. The molecular weight excluding hydrogens is 503 g/mol. The zero-order valence-corrected chi connectivity index (χ0v) is 20.3. The van der Waals surface area contributed by atoms with Gasteiger partial charge in [0.1, 0.15) is 5.75 Å². The van der Waals surface area contributed by atoms with Gasteiger partial charge in [0.25, 0.3) is 5.91 Å². The van der Waals surface area contributed by atoms with Gasteiger partial charge >= 0.3 is 0 Å². The van der Waals surface area contributed by atoms with Crippen molar-refractivity contribution in [3.05, 3.63) is 65.2 Å². The van der Waals surface area contributed by atoms with Gasteiger partial charge in [-0.25, -0.2) is 0 Å². The first-order valence-corrected chi connectivity index (χ1v) is 10.7. The number of hydrogen-bond donors (Lipinski definition) is 2. The summed E-state index contributed by atoms with van der Waals surface area (Å²) in [6.07, 6.45) is 4.12. The SMILES string of the molecule is CN=C(NCCc1ccc(OCC(=O)NC2CC2)cc1)N1CCc2ccccc2C1.I. The van der Waals surface area contributed by atoms with Crippen LogP contribution in [0.4, 0.5) is 0 Å². The minimum Gasteiger partial charge on any atom is -0.484 e. The first-order chi connectivity index (χ1) is 14.7. The van der Waals surface area contributed by atoms with Gasteiger partial charge in [0, 0.05) is 32.7 Å². The highest BCUT2D eigenvalue weighted by Crippen LogP contribution is 2.19. The number of ether oxygens (including phenoxy) is 1. The van der Waals surface area contributed by atoms with Crippen LogP contribution in [0.25, 0.3) is 0 Å². The van der Waals surface area contributed by atoms with Crippen LogP contribution in [0.3, 0.4) is 0 Å². The van der Waals surface area contributed by atoms with Crippen LogP contribution in [-0.2, 0) is 24.2 Å². The summed E-state index contributed by atoms with van der Waals surface area (Å²) in [6, 6.07) is 17.0. The molecule has 0 bridgehead atoms. The molecule has 1 aliphatic carbocycles. The lowest BCUT2D eigenvalue weighted by Crippen LogP contribution is -2.44. The van der Waals surface area contributed by atoms with E-state index in [4.69, 9.17) is 4.74 Å². The number of benzene rings is 2. The average molecular weight is 534 g/mol. The first kappa shape index (κ1) is 23.4. The van der Waals surface area contributed by atoms with E-state index in [1.54, 1.807) is 0 Å². The molecule has 31 heavy (non-hydrogen) atoms. The number of hydrogen-bond acceptors (Lipinski definition) is 3. The van der Waals surface area contributed by atoms with Crippen molar-refractivity contribution in [3.8, 4) is 5.75 Å². The monoisotopic (exact) mass is 534 g/mol. The van der Waals surface area contributed by atoms with Gasteiger partial charge < -0.3 is 20.3 Å². The lowest BCUT2D eigenvalue weighted by Gasteiger charge is -2.31. The maximum absolute atomic E-state index is 11.7. The fourth-order valence-corrected chi connectivity index (χ4v) is 3.73. The second-order valence-electron chi connectivity index (χ2n) is 7.94. The molecule has 7 heteroatoms. The fourth-order valence-electron chi connectivity index (χ4n) is 3.73. The quantitative estimate of drug-likeness (QED) is 0.326. The Hall–Kier alpha value is -2.29. The molecule has 0 saturated heterocycles. The molecule has 4 rings (SSSR count). The molecule has 6 nitrogen and oxygen atoms in total. The molecule has 166 valence electrons. The number of halogens is 1. The minimum atomic E-state index is -0.0440. The normalized spacial score (nSPS) is 15.5. The molecular formula is C24H31IN4O2. The largest absolute Gasteiger partial charge is 0.484 e. The standard InChI is InChI=1S/C24H30N4O2.HI/c1-25-24(28-15-13-19-4-2-3-5-20(19)16-28)26-14-12-18-6-10-22(11-7-18)30-17-23(29)27-21-8-9-21;/h2-7,10-11,21H,8-9,12-17H2,1H3,(H,25,26)(H,27,29);1H. The van der Waals surface area contributed by atoms with Crippen LogP contribution in [0.1, 0.15) is 29.5 Å². The van der Waals surface area contributed by atoms with E-state index in [1.807, 2.05) is 19.2 Å². The molecule has 0 aromatic heterocycles. The number of nitrogens with one attached hydrogen (secondary N) is 2. The van der Waals surface area contributed by atoms with Gasteiger partial charge in [0.15, 0.2) is 12.6 Å². The Labute approximate surface area is 201 Å². The second kappa shape index (κ2) is 11.4. The van der Waals surface area contributed by atoms with E-state index in [2.05, 4.69) is 56.9 Å². The van der Waals surface area contributed by atoms with Gasteiger partial charge in [-0.2, -0.15) is 0 Å². The van der Waals surface area contributed by atoms with E-state index in [9.17, 15) is 4.79 Å². The van der Waals surface area contributed by atoms with Crippen LogP contribution in [0.2, 0.25) is 0 Å². The zero-order valence-electron chi connectivity index (χ0n) is 18.0. The highest BCUT2D eigenvalue weighted by atomic mass is 127. The predicted molar refractivity (Wildman–Crippen MR) is 134 cm³/mol. The summed E-state index contributed by atoms with van der Waals surface area (Å²) in [5, 5.41) is 6.41. The summed E-state index contributed by atoms with van der Waals surface area (Å²) in [5.74, 6) is 1.63. The lowest BCUT2D eigenvalue weighted by molar-refractivity contribution is -0.123. The highest BCUT2D eigenvalue weighted by molar-refractivity contribution is 14.0. The average Bonchev–Trinajstić information content (AvgIpc) is 3.60.